The molecule has 0 aromatic heterocycles. The molecule has 0 aliphatic carbocycles. The van der Waals surface area contributed by atoms with Crippen LogP contribution in [0, 0.1) is 5.92 Å². The van der Waals surface area contributed by atoms with E-state index in [4.69, 9.17) is 4.74 Å². The van der Waals surface area contributed by atoms with Gasteiger partial charge in [-0.2, -0.15) is 0 Å². The Morgan fingerprint density at radius 1 is 1.25 bits per heavy atom. The summed E-state index contributed by atoms with van der Waals surface area (Å²) in [5.74, 6) is 0.708. The fraction of sp³-hybridized carbons (Fsp3) is 0.611. The molecule has 0 fully saturated rings. The highest BCUT2D eigenvalue weighted by molar-refractivity contribution is 5.86. The van der Waals surface area contributed by atoms with E-state index in [0.717, 1.165) is 18.4 Å². The van der Waals surface area contributed by atoms with Crippen molar-refractivity contribution in [2.75, 3.05) is 7.11 Å². The van der Waals surface area contributed by atoms with Gasteiger partial charge in [0.25, 0.3) is 0 Å². The smallest absolute Gasteiger partial charge is 0.140 e. The maximum Gasteiger partial charge on any atom is 0.140 e. The van der Waals surface area contributed by atoms with Crippen LogP contribution in [0.4, 0.5) is 0 Å². The van der Waals surface area contributed by atoms with Crippen LogP contribution in [-0.2, 0) is 9.53 Å². The van der Waals surface area contributed by atoms with Gasteiger partial charge in [-0.05, 0) is 31.7 Å². The van der Waals surface area contributed by atoms with Crippen LogP contribution in [0.25, 0.3) is 0 Å². The van der Waals surface area contributed by atoms with Crippen LogP contribution in [0.2, 0.25) is 0 Å². The van der Waals surface area contributed by atoms with E-state index in [1.165, 1.54) is 0 Å². The van der Waals surface area contributed by atoms with Crippen molar-refractivity contribution in [2.24, 2.45) is 5.92 Å². The molecule has 0 amide bonds. The summed E-state index contributed by atoms with van der Waals surface area (Å²) in [6, 6.07) is 10.1. The highest BCUT2D eigenvalue weighted by Crippen LogP contribution is 2.30. The monoisotopic (exact) mass is 276 g/mol. The van der Waals surface area contributed by atoms with Crippen molar-refractivity contribution in [2.45, 2.75) is 58.5 Å². The van der Waals surface area contributed by atoms with Crippen molar-refractivity contribution in [3.8, 4) is 0 Å². The van der Waals surface area contributed by atoms with Crippen molar-refractivity contribution in [3.63, 3.8) is 0 Å². The van der Waals surface area contributed by atoms with Crippen LogP contribution in [0.1, 0.15) is 58.4 Å². The Morgan fingerprint density at radius 3 is 2.35 bits per heavy atom. The number of ether oxygens (including phenoxy) is 1. The van der Waals surface area contributed by atoms with Crippen LogP contribution >= 0.6 is 0 Å². The molecule has 2 atom stereocenters. The minimum Gasteiger partial charge on any atom is -0.379 e. The Kier molecular flexibility index (Phi) is 6.41. The maximum absolute atomic E-state index is 12.7. The molecule has 2 heteroatoms. The molecule has 2 nitrogen and oxygen atoms in total. The number of carbonyl (C=O) groups is 1. The van der Waals surface area contributed by atoms with Gasteiger partial charge >= 0.3 is 0 Å². The third-order valence-electron chi connectivity index (χ3n) is 4.24. The predicted octanol–water partition coefficient (Wildman–Crippen LogP) is 4.59. The first-order valence-electron chi connectivity index (χ1n) is 7.54. The lowest BCUT2D eigenvalue weighted by molar-refractivity contribution is -0.123. The third kappa shape index (κ3) is 4.75. The molecule has 1 aromatic rings. The Bertz CT molecular complexity index is 409. The summed E-state index contributed by atoms with van der Waals surface area (Å²) in [6.07, 6.45) is 2.35. The summed E-state index contributed by atoms with van der Waals surface area (Å²) in [5, 5.41) is 0. The zero-order valence-electron chi connectivity index (χ0n) is 13.5. The quantitative estimate of drug-likeness (QED) is 0.694. The summed E-state index contributed by atoms with van der Waals surface area (Å²) >= 11 is 0. The van der Waals surface area contributed by atoms with E-state index in [2.05, 4.69) is 26.0 Å². The van der Waals surface area contributed by atoms with Gasteiger partial charge in [-0.25, -0.2) is 0 Å². The summed E-state index contributed by atoms with van der Waals surface area (Å²) in [4.78, 5) is 12.7. The van der Waals surface area contributed by atoms with Gasteiger partial charge in [-0.15, -0.1) is 0 Å². The second kappa shape index (κ2) is 7.58. The van der Waals surface area contributed by atoms with Gasteiger partial charge in [0.15, 0.2) is 0 Å². The van der Waals surface area contributed by atoms with Gasteiger partial charge in [0.2, 0.25) is 0 Å². The fourth-order valence-corrected chi connectivity index (χ4v) is 2.41. The molecule has 0 saturated heterocycles. The molecule has 0 saturated carbocycles. The zero-order chi connectivity index (χ0) is 15.2. The van der Waals surface area contributed by atoms with E-state index in [-0.39, 0.29) is 11.5 Å². The van der Waals surface area contributed by atoms with E-state index in [9.17, 15) is 4.79 Å². The van der Waals surface area contributed by atoms with Gasteiger partial charge < -0.3 is 4.74 Å². The molecular weight excluding hydrogens is 248 g/mol. The van der Waals surface area contributed by atoms with Crippen LogP contribution in [0.5, 0.6) is 0 Å². The van der Waals surface area contributed by atoms with Crippen molar-refractivity contribution in [1.29, 1.82) is 0 Å². The topological polar surface area (TPSA) is 26.3 Å². The number of benzene rings is 1. The highest BCUT2D eigenvalue weighted by Gasteiger charge is 2.27. The van der Waals surface area contributed by atoms with Gasteiger partial charge in [0, 0.05) is 19.4 Å². The van der Waals surface area contributed by atoms with E-state index < -0.39 is 0 Å². The molecule has 0 radical (unpaired) electrons. The average Bonchev–Trinajstić information content (AvgIpc) is 2.46. The molecule has 0 bridgehead atoms. The maximum atomic E-state index is 12.7. The van der Waals surface area contributed by atoms with Crippen LogP contribution < -0.4 is 0 Å². The van der Waals surface area contributed by atoms with Gasteiger partial charge in [0.05, 0.1) is 5.60 Å². The molecule has 1 rings (SSSR count). The number of ketones is 1. The predicted molar refractivity (Wildman–Crippen MR) is 84.0 cm³/mol. The largest absolute Gasteiger partial charge is 0.379 e. The minimum absolute atomic E-state index is 0.00820. The Labute approximate surface area is 123 Å². The second-order valence-electron chi connectivity index (χ2n) is 6.20. The SMILES string of the molecule is CCC(C)C(C(=O)CCC(C)(C)OC)c1ccccc1. The molecule has 0 heterocycles. The van der Waals surface area contributed by atoms with E-state index in [1.807, 2.05) is 32.0 Å². The molecule has 112 valence electrons. The normalized spacial score (nSPS) is 14.8. The number of methoxy groups -OCH3 is 1. The molecule has 0 aliphatic rings. The van der Waals surface area contributed by atoms with E-state index in [1.54, 1.807) is 7.11 Å². The summed E-state index contributed by atoms with van der Waals surface area (Å²) in [6.45, 7) is 8.37. The number of carbonyl (C=O) groups excluding carboxylic acids is 1. The summed E-state index contributed by atoms with van der Waals surface area (Å²) in [7, 11) is 1.70. The molecule has 0 spiro atoms. The van der Waals surface area contributed by atoms with Crippen molar-refractivity contribution >= 4 is 5.78 Å². The van der Waals surface area contributed by atoms with Gasteiger partial charge in [0.1, 0.15) is 5.78 Å². The lowest BCUT2D eigenvalue weighted by Gasteiger charge is -2.26. The standard InChI is InChI=1S/C18H28O2/c1-6-14(2)17(15-10-8-7-9-11-15)16(19)12-13-18(3,4)20-5/h7-11,14,17H,6,12-13H2,1-5H3. The van der Waals surface area contributed by atoms with Crippen molar-refractivity contribution in [1.82, 2.24) is 0 Å². The highest BCUT2D eigenvalue weighted by atomic mass is 16.5. The molecule has 1 aromatic carbocycles. The summed E-state index contributed by atoms with van der Waals surface area (Å²) in [5.41, 5.74) is 0.911. The lowest BCUT2D eigenvalue weighted by atomic mass is 9.80. The second-order valence-corrected chi connectivity index (χ2v) is 6.20. The Balaban J connectivity index is 2.82. The molecule has 0 N–H and O–H groups in total. The Morgan fingerprint density at radius 2 is 1.85 bits per heavy atom. The van der Waals surface area contributed by atoms with Crippen LogP contribution in [0.15, 0.2) is 30.3 Å². The average molecular weight is 276 g/mol. The Hall–Kier alpha value is -1.15. The third-order valence-corrected chi connectivity index (χ3v) is 4.24. The number of Topliss-reactive ketones (excluding diaryl/α,β-unsaturated/α-hetero) is 1. The van der Waals surface area contributed by atoms with Crippen LogP contribution in [-0.4, -0.2) is 18.5 Å². The van der Waals surface area contributed by atoms with Crippen molar-refractivity contribution < 1.29 is 9.53 Å². The zero-order valence-corrected chi connectivity index (χ0v) is 13.5. The van der Waals surface area contributed by atoms with Crippen molar-refractivity contribution in [3.05, 3.63) is 35.9 Å². The molecule has 2 unspecified atom stereocenters. The number of hydrogen-bond acceptors (Lipinski definition) is 2. The van der Waals surface area contributed by atoms with E-state index >= 15 is 0 Å². The first kappa shape index (κ1) is 16.9. The minimum atomic E-state index is -0.230. The molecule has 20 heavy (non-hydrogen) atoms. The lowest BCUT2D eigenvalue weighted by Crippen LogP contribution is -2.26. The van der Waals surface area contributed by atoms with Crippen LogP contribution in [0.3, 0.4) is 0 Å². The molecule has 0 aliphatic heterocycles. The van der Waals surface area contributed by atoms with Gasteiger partial charge in [-0.1, -0.05) is 50.6 Å². The first-order chi connectivity index (χ1) is 9.41. The molecular formula is C18H28O2. The number of hydrogen-bond donors (Lipinski definition) is 0. The summed E-state index contributed by atoms with van der Waals surface area (Å²) < 4.78 is 5.41. The van der Waals surface area contributed by atoms with E-state index in [0.29, 0.717) is 18.1 Å². The number of rotatable bonds is 8. The fourth-order valence-electron chi connectivity index (χ4n) is 2.41. The van der Waals surface area contributed by atoms with Gasteiger partial charge in [-0.3, -0.25) is 4.79 Å². The first-order valence-corrected chi connectivity index (χ1v) is 7.54.